The minimum atomic E-state index is -1.33. The average Bonchev–Trinajstić information content (AvgIpc) is 3.37. The van der Waals surface area contributed by atoms with Gasteiger partial charge in [-0.1, -0.05) is 79.4 Å². The number of rotatable bonds is 10. The van der Waals surface area contributed by atoms with Gasteiger partial charge in [-0.3, -0.25) is 0 Å². The maximum atomic E-state index is 13.2. The second-order valence-electron chi connectivity index (χ2n) is 9.75. The molecule has 44 heavy (non-hydrogen) atoms. The number of hydrogen-bond donors (Lipinski definition) is 0. The highest BCUT2D eigenvalue weighted by molar-refractivity contribution is 5.91. The second kappa shape index (κ2) is 14.0. The molecule has 0 N–H and O–H groups in total. The summed E-state index contributed by atoms with van der Waals surface area (Å²) >= 11 is 0. The van der Waals surface area contributed by atoms with E-state index in [1.807, 2.05) is 0 Å². The average molecular weight is 593 g/mol. The highest BCUT2D eigenvalue weighted by atomic mass is 16.7. The summed E-state index contributed by atoms with van der Waals surface area (Å²) in [6.07, 6.45) is -5.17. The van der Waals surface area contributed by atoms with Crippen LogP contribution in [0.3, 0.4) is 0 Å². The molecule has 4 aromatic carbocycles. The molecule has 0 aromatic heterocycles. The van der Waals surface area contributed by atoms with Crippen molar-refractivity contribution in [3.8, 4) is 0 Å². The van der Waals surface area contributed by atoms with E-state index in [2.05, 4.69) is 6.58 Å². The lowest BCUT2D eigenvalue weighted by atomic mass is 10.0. The van der Waals surface area contributed by atoms with E-state index >= 15 is 0 Å². The Bertz CT molecular complexity index is 1610. The molecule has 0 amide bonds. The molecule has 1 fully saturated rings. The van der Waals surface area contributed by atoms with Crippen LogP contribution in [0.5, 0.6) is 0 Å². The third-order valence-electron chi connectivity index (χ3n) is 6.75. The summed E-state index contributed by atoms with van der Waals surface area (Å²) in [4.78, 5) is 52.3. The summed E-state index contributed by atoms with van der Waals surface area (Å²) in [5.41, 5.74) is 0.985. The van der Waals surface area contributed by atoms with E-state index in [1.54, 1.807) is 121 Å². The van der Waals surface area contributed by atoms with Gasteiger partial charge < -0.3 is 23.7 Å². The summed E-state index contributed by atoms with van der Waals surface area (Å²) in [5.74, 6) is -2.91. The second-order valence-corrected chi connectivity index (χ2v) is 9.75. The Morgan fingerprint density at radius 1 is 0.591 bits per heavy atom. The van der Waals surface area contributed by atoms with Gasteiger partial charge in [0.05, 0.1) is 22.3 Å². The van der Waals surface area contributed by atoms with Crippen molar-refractivity contribution in [1.82, 2.24) is 0 Å². The molecule has 1 heterocycles. The van der Waals surface area contributed by atoms with E-state index in [0.717, 1.165) is 0 Å². The number of carbonyl (C=O) groups is 4. The molecule has 1 saturated heterocycles. The monoisotopic (exact) mass is 592 g/mol. The fourth-order valence-electron chi connectivity index (χ4n) is 4.53. The quantitative estimate of drug-likeness (QED) is 0.176. The zero-order valence-electron chi connectivity index (χ0n) is 23.4. The first-order chi connectivity index (χ1) is 21.4. The summed E-state index contributed by atoms with van der Waals surface area (Å²) in [6, 6.07) is 32.9. The molecular weight excluding hydrogens is 564 g/mol. The Balaban J connectivity index is 1.45. The van der Waals surface area contributed by atoms with Crippen LogP contribution in [-0.2, 0) is 23.7 Å². The van der Waals surface area contributed by atoms with E-state index in [9.17, 15) is 19.2 Å². The first-order valence-electron chi connectivity index (χ1n) is 13.8. The topological polar surface area (TPSA) is 114 Å². The minimum Gasteiger partial charge on any atom is -0.483 e. The van der Waals surface area contributed by atoms with Crippen molar-refractivity contribution in [3.63, 3.8) is 0 Å². The Hall–Kier alpha value is -5.70. The number of esters is 4. The van der Waals surface area contributed by atoms with Crippen molar-refractivity contribution in [2.24, 2.45) is 0 Å². The summed E-state index contributed by atoms with van der Waals surface area (Å²) in [6.45, 7) is 3.42. The van der Waals surface area contributed by atoms with Crippen LogP contribution in [0.15, 0.2) is 134 Å². The first-order valence-corrected chi connectivity index (χ1v) is 13.8. The number of ether oxygens (including phenoxy) is 5. The van der Waals surface area contributed by atoms with Gasteiger partial charge in [-0.05, 0) is 48.5 Å². The van der Waals surface area contributed by atoms with E-state index in [0.29, 0.717) is 0 Å². The standard InChI is InChI=1S/C35H28O9/c1-23-29(43-34(38)26-18-10-4-11-19-26)31(44-35(39)27-20-12-5-13-21-27)30(41-23)28(42-33(37)25-16-8-3-9-17-25)22-40-32(36)24-14-6-2-7-15-24/h2-21,28-31H,1,22H2/t28-,29+,30-,31-/m1/s1. The van der Waals surface area contributed by atoms with Gasteiger partial charge in [0.15, 0.2) is 24.4 Å². The molecule has 4 atom stereocenters. The highest BCUT2D eigenvalue weighted by Crippen LogP contribution is 2.33. The van der Waals surface area contributed by atoms with Crippen LogP contribution in [0.1, 0.15) is 41.4 Å². The SMILES string of the molecule is C=C1O[C@H]([C@@H](COC(=O)c2ccccc2)OC(=O)c2ccccc2)[C@H](OC(=O)c2ccccc2)[C@H]1OC(=O)c1ccccc1. The molecule has 0 radical (unpaired) electrons. The van der Waals surface area contributed by atoms with E-state index in [1.165, 1.54) is 0 Å². The molecule has 5 rings (SSSR count). The van der Waals surface area contributed by atoms with Crippen molar-refractivity contribution < 1.29 is 42.9 Å². The predicted octanol–water partition coefficient (Wildman–Crippen LogP) is 5.43. The predicted molar refractivity (Wildman–Crippen MR) is 158 cm³/mol. The van der Waals surface area contributed by atoms with Gasteiger partial charge in [-0.15, -0.1) is 0 Å². The first kappa shape index (κ1) is 29.8. The van der Waals surface area contributed by atoms with Crippen LogP contribution in [0, 0.1) is 0 Å². The Morgan fingerprint density at radius 2 is 1.00 bits per heavy atom. The van der Waals surface area contributed by atoms with Gasteiger partial charge in [-0.2, -0.15) is 0 Å². The van der Waals surface area contributed by atoms with Crippen LogP contribution >= 0.6 is 0 Å². The van der Waals surface area contributed by atoms with Gasteiger partial charge >= 0.3 is 23.9 Å². The van der Waals surface area contributed by atoms with Crippen molar-refractivity contribution in [2.75, 3.05) is 6.61 Å². The number of hydrogen-bond acceptors (Lipinski definition) is 9. The molecule has 0 saturated carbocycles. The Labute approximate surface area is 253 Å². The minimum absolute atomic E-state index is 0.0414. The molecule has 9 heteroatoms. The van der Waals surface area contributed by atoms with E-state index in [4.69, 9.17) is 23.7 Å². The zero-order valence-corrected chi connectivity index (χ0v) is 23.4. The zero-order chi connectivity index (χ0) is 30.9. The van der Waals surface area contributed by atoms with Crippen molar-refractivity contribution in [3.05, 3.63) is 156 Å². The van der Waals surface area contributed by atoms with Gasteiger partial charge in [0, 0.05) is 0 Å². The third-order valence-corrected chi connectivity index (χ3v) is 6.75. The lowest BCUT2D eigenvalue weighted by Crippen LogP contribution is -2.47. The molecule has 0 bridgehead atoms. The third kappa shape index (κ3) is 7.19. The lowest BCUT2D eigenvalue weighted by Gasteiger charge is -2.28. The van der Waals surface area contributed by atoms with Gasteiger partial charge in [-0.25, -0.2) is 19.2 Å². The van der Waals surface area contributed by atoms with Crippen LogP contribution in [-0.4, -0.2) is 54.9 Å². The van der Waals surface area contributed by atoms with Crippen molar-refractivity contribution in [2.45, 2.75) is 24.4 Å². The summed E-state index contributed by atoms with van der Waals surface area (Å²) in [7, 11) is 0. The van der Waals surface area contributed by atoms with Gasteiger partial charge in [0.25, 0.3) is 0 Å². The molecule has 0 aliphatic carbocycles. The summed E-state index contributed by atoms with van der Waals surface area (Å²) in [5, 5.41) is 0. The van der Waals surface area contributed by atoms with Gasteiger partial charge in [0.2, 0.25) is 0 Å². The smallest absolute Gasteiger partial charge is 0.338 e. The molecule has 222 valence electrons. The molecule has 1 aliphatic rings. The van der Waals surface area contributed by atoms with Crippen LogP contribution in [0.25, 0.3) is 0 Å². The summed E-state index contributed by atoms with van der Waals surface area (Å²) < 4.78 is 28.9. The molecule has 1 aliphatic heterocycles. The number of carbonyl (C=O) groups excluding carboxylic acids is 4. The molecule has 0 spiro atoms. The largest absolute Gasteiger partial charge is 0.483 e. The number of benzene rings is 4. The lowest BCUT2D eigenvalue weighted by molar-refractivity contribution is -0.0852. The molecule has 9 nitrogen and oxygen atoms in total. The highest BCUT2D eigenvalue weighted by Gasteiger charge is 2.51. The van der Waals surface area contributed by atoms with Crippen molar-refractivity contribution in [1.29, 1.82) is 0 Å². The Morgan fingerprint density at radius 3 is 1.48 bits per heavy atom. The van der Waals surface area contributed by atoms with E-state index in [-0.39, 0.29) is 28.0 Å². The van der Waals surface area contributed by atoms with Crippen LogP contribution in [0.4, 0.5) is 0 Å². The van der Waals surface area contributed by atoms with Crippen LogP contribution < -0.4 is 0 Å². The molecule has 0 unspecified atom stereocenters. The fourth-order valence-corrected chi connectivity index (χ4v) is 4.53. The van der Waals surface area contributed by atoms with E-state index < -0.39 is 54.9 Å². The Kier molecular flexibility index (Phi) is 9.46. The fraction of sp³-hybridized carbons (Fsp3) is 0.143. The molecule has 4 aromatic rings. The maximum absolute atomic E-state index is 13.2. The normalized spacial score (nSPS) is 17.9. The van der Waals surface area contributed by atoms with Crippen LogP contribution in [0.2, 0.25) is 0 Å². The maximum Gasteiger partial charge on any atom is 0.338 e. The van der Waals surface area contributed by atoms with Crippen molar-refractivity contribution >= 4 is 23.9 Å². The van der Waals surface area contributed by atoms with Gasteiger partial charge in [0.1, 0.15) is 12.4 Å². The molecular formula is C35H28O9.